The number of aromatic nitrogens is 2. The zero-order valence-electron chi connectivity index (χ0n) is 14.9. The zero-order valence-corrected chi connectivity index (χ0v) is 14.9. The second-order valence-corrected chi connectivity index (χ2v) is 7.49. The van der Waals surface area contributed by atoms with E-state index in [-0.39, 0.29) is 0 Å². The van der Waals surface area contributed by atoms with Crippen molar-refractivity contribution in [1.82, 2.24) is 8.97 Å². The topological polar surface area (TPSA) is 9.34 Å². The van der Waals surface area contributed by atoms with Gasteiger partial charge in [0.2, 0.25) is 0 Å². The minimum atomic E-state index is 1.28. The Morgan fingerprint density at radius 1 is 0.444 bits per heavy atom. The number of rotatable bonds is 0. The SMILES string of the molecule is Cn1c2ccccc2c2ccc3c4cccc5c6ccccc6n(c54)c3c21. The number of para-hydroxylation sites is 3. The van der Waals surface area contributed by atoms with Gasteiger partial charge in [-0.2, -0.15) is 0 Å². The molecule has 0 fully saturated rings. The van der Waals surface area contributed by atoms with Gasteiger partial charge in [-0.15, -0.1) is 0 Å². The quantitative estimate of drug-likeness (QED) is 0.298. The summed E-state index contributed by atoms with van der Waals surface area (Å²) in [6, 6.07) is 28.8. The summed E-state index contributed by atoms with van der Waals surface area (Å²) in [6.07, 6.45) is 0. The van der Waals surface area contributed by atoms with E-state index in [0.29, 0.717) is 0 Å². The second kappa shape index (κ2) is 4.41. The van der Waals surface area contributed by atoms with E-state index in [1.54, 1.807) is 0 Å². The summed E-state index contributed by atoms with van der Waals surface area (Å²) in [5.41, 5.74) is 6.54. The maximum Gasteiger partial charge on any atom is 0.0785 e. The van der Waals surface area contributed by atoms with Crippen molar-refractivity contribution in [3.63, 3.8) is 0 Å². The van der Waals surface area contributed by atoms with Crippen molar-refractivity contribution in [2.75, 3.05) is 0 Å². The second-order valence-electron chi connectivity index (χ2n) is 7.49. The van der Waals surface area contributed by atoms with Crippen LogP contribution in [0.4, 0.5) is 0 Å². The van der Waals surface area contributed by atoms with Crippen LogP contribution in [0.2, 0.25) is 0 Å². The van der Waals surface area contributed by atoms with E-state index in [1.807, 2.05) is 0 Å². The van der Waals surface area contributed by atoms with Gasteiger partial charge in [0.1, 0.15) is 0 Å². The first-order valence-electron chi connectivity index (χ1n) is 9.37. The maximum absolute atomic E-state index is 2.48. The molecule has 3 heterocycles. The number of benzene rings is 4. The number of fused-ring (bicyclic) bond motifs is 10. The van der Waals surface area contributed by atoms with Crippen LogP contribution in [0, 0.1) is 0 Å². The van der Waals surface area contributed by atoms with Gasteiger partial charge in [-0.1, -0.05) is 66.7 Å². The summed E-state index contributed by atoms with van der Waals surface area (Å²) in [4.78, 5) is 0. The minimum Gasteiger partial charge on any atom is -0.342 e. The standard InChI is InChI=1S/C25H16N2/c1-26-21-11-4-2-7-15(21)19-13-14-20-18-10-6-9-17-16-8-3-5-12-22(16)27(23(17)18)25(20)24(19)26/h2-14H,1H3. The molecule has 7 aromatic rings. The van der Waals surface area contributed by atoms with Crippen molar-refractivity contribution < 1.29 is 0 Å². The van der Waals surface area contributed by atoms with Gasteiger partial charge in [0.25, 0.3) is 0 Å². The lowest BCUT2D eigenvalue weighted by Crippen LogP contribution is -1.90. The molecule has 0 radical (unpaired) electrons. The third-order valence-electron chi connectivity index (χ3n) is 6.25. The Morgan fingerprint density at radius 2 is 0.963 bits per heavy atom. The molecule has 4 aromatic carbocycles. The largest absolute Gasteiger partial charge is 0.342 e. The summed E-state index contributed by atoms with van der Waals surface area (Å²) in [5.74, 6) is 0. The first-order chi connectivity index (χ1) is 13.3. The Hall–Kier alpha value is -3.52. The summed E-state index contributed by atoms with van der Waals surface area (Å²) in [7, 11) is 2.19. The molecule has 3 aromatic heterocycles. The Morgan fingerprint density at radius 3 is 1.74 bits per heavy atom. The summed E-state index contributed by atoms with van der Waals surface area (Å²) in [5, 5.41) is 7.99. The average Bonchev–Trinajstić information content (AvgIpc) is 3.34. The van der Waals surface area contributed by atoms with Gasteiger partial charge in [0, 0.05) is 44.9 Å². The van der Waals surface area contributed by atoms with E-state index in [0.717, 1.165) is 0 Å². The molecule has 7 rings (SSSR count). The third-order valence-corrected chi connectivity index (χ3v) is 6.25. The lowest BCUT2D eigenvalue weighted by molar-refractivity contribution is 1.02. The molecule has 0 saturated heterocycles. The first-order valence-corrected chi connectivity index (χ1v) is 9.37. The number of hydrogen-bond donors (Lipinski definition) is 0. The van der Waals surface area contributed by atoms with Crippen LogP contribution in [-0.2, 0) is 7.05 Å². The Balaban J connectivity index is 1.93. The molecule has 0 spiro atoms. The molecule has 0 aliphatic carbocycles. The molecule has 126 valence electrons. The Labute approximate surface area is 155 Å². The van der Waals surface area contributed by atoms with Gasteiger partial charge in [-0.05, 0) is 12.1 Å². The molecule has 0 unspecified atom stereocenters. The Kier molecular flexibility index (Phi) is 2.23. The normalized spacial score (nSPS) is 12.6. The van der Waals surface area contributed by atoms with Gasteiger partial charge in [-0.25, -0.2) is 0 Å². The molecule has 0 atom stereocenters. The van der Waals surface area contributed by atoms with Crippen molar-refractivity contribution >= 4 is 59.9 Å². The lowest BCUT2D eigenvalue weighted by atomic mass is 10.1. The van der Waals surface area contributed by atoms with Crippen LogP contribution in [0.25, 0.3) is 59.9 Å². The molecule has 0 aliphatic rings. The molecule has 0 bridgehead atoms. The van der Waals surface area contributed by atoms with Crippen LogP contribution in [0.1, 0.15) is 0 Å². The fraction of sp³-hybridized carbons (Fsp3) is 0.0400. The highest BCUT2D eigenvalue weighted by molar-refractivity contribution is 6.28. The summed E-state index contributed by atoms with van der Waals surface area (Å²) in [6.45, 7) is 0. The van der Waals surface area contributed by atoms with Gasteiger partial charge in [-0.3, -0.25) is 0 Å². The van der Waals surface area contributed by atoms with Crippen molar-refractivity contribution in [2.24, 2.45) is 7.05 Å². The smallest absolute Gasteiger partial charge is 0.0785 e. The van der Waals surface area contributed by atoms with Crippen molar-refractivity contribution in [1.29, 1.82) is 0 Å². The van der Waals surface area contributed by atoms with E-state index in [1.165, 1.54) is 59.9 Å². The highest BCUT2D eigenvalue weighted by atomic mass is 15.0. The Bertz CT molecular complexity index is 1680. The van der Waals surface area contributed by atoms with E-state index >= 15 is 0 Å². The highest BCUT2D eigenvalue weighted by Gasteiger charge is 2.20. The van der Waals surface area contributed by atoms with Crippen LogP contribution < -0.4 is 0 Å². The summed E-state index contributed by atoms with van der Waals surface area (Å²) < 4.78 is 4.84. The number of nitrogens with zero attached hydrogens (tertiary/aromatic N) is 2. The van der Waals surface area contributed by atoms with Gasteiger partial charge in [0.15, 0.2) is 0 Å². The first kappa shape index (κ1) is 13.7. The van der Waals surface area contributed by atoms with Crippen LogP contribution in [-0.4, -0.2) is 8.97 Å². The van der Waals surface area contributed by atoms with Gasteiger partial charge < -0.3 is 8.97 Å². The fourth-order valence-electron chi connectivity index (χ4n) is 5.16. The predicted molar refractivity (Wildman–Crippen MR) is 115 cm³/mol. The molecule has 0 aliphatic heterocycles. The van der Waals surface area contributed by atoms with Crippen LogP contribution >= 0.6 is 0 Å². The molecular weight excluding hydrogens is 328 g/mol. The monoisotopic (exact) mass is 344 g/mol. The van der Waals surface area contributed by atoms with E-state index in [4.69, 9.17) is 0 Å². The molecule has 2 heteroatoms. The molecule has 27 heavy (non-hydrogen) atoms. The van der Waals surface area contributed by atoms with Gasteiger partial charge >= 0.3 is 0 Å². The number of hydrogen-bond acceptors (Lipinski definition) is 0. The minimum absolute atomic E-state index is 1.28. The highest BCUT2D eigenvalue weighted by Crippen LogP contribution is 2.42. The third kappa shape index (κ3) is 1.42. The van der Waals surface area contributed by atoms with Crippen molar-refractivity contribution in [2.45, 2.75) is 0 Å². The molecular formula is C25H16N2. The average molecular weight is 344 g/mol. The maximum atomic E-state index is 2.48. The summed E-state index contributed by atoms with van der Waals surface area (Å²) >= 11 is 0. The fourth-order valence-corrected chi connectivity index (χ4v) is 5.16. The molecule has 2 nitrogen and oxygen atoms in total. The van der Waals surface area contributed by atoms with Crippen LogP contribution in [0.5, 0.6) is 0 Å². The predicted octanol–water partition coefficient (Wildman–Crippen LogP) is 6.48. The van der Waals surface area contributed by atoms with E-state index in [9.17, 15) is 0 Å². The molecule has 0 amide bonds. The van der Waals surface area contributed by atoms with E-state index in [2.05, 4.69) is 94.9 Å². The lowest BCUT2D eigenvalue weighted by Gasteiger charge is -2.03. The van der Waals surface area contributed by atoms with Crippen LogP contribution in [0.15, 0.2) is 78.9 Å². The van der Waals surface area contributed by atoms with E-state index < -0.39 is 0 Å². The number of aryl methyl sites for hydroxylation is 1. The van der Waals surface area contributed by atoms with Gasteiger partial charge in [0.05, 0.1) is 22.1 Å². The van der Waals surface area contributed by atoms with Crippen LogP contribution in [0.3, 0.4) is 0 Å². The molecule has 0 N–H and O–H groups in total. The molecule has 0 saturated carbocycles. The van der Waals surface area contributed by atoms with Crippen molar-refractivity contribution in [3.8, 4) is 0 Å². The van der Waals surface area contributed by atoms with Crippen molar-refractivity contribution in [3.05, 3.63) is 78.9 Å². The zero-order chi connectivity index (χ0) is 17.7.